The molecule has 1 amide bonds. The van der Waals surface area contributed by atoms with Crippen molar-refractivity contribution >= 4 is 34.4 Å². The van der Waals surface area contributed by atoms with Crippen LogP contribution in [0.2, 0.25) is 0 Å². The number of ketones is 1. The van der Waals surface area contributed by atoms with E-state index in [-0.39, 0.29) is 11.7 Å². The minimum absolute atomic E-state index is 0.00381. The fourth-order valence-electron chi connectivity index (χ4n) is 3.48. The van der Waals surface area contributed by atoms with E-state index in [1.54, 1.807) is 11.1 Å². The van der Waals surface area contributed by atoms with Crippen LogP contribution >= 0.6 is 11.3 Å². The van der Waals surface area contributed by atoms with E-state index in [1.807, 2.05) is 52.8 Å². The molecule has 3 rings (SSSR count). The van der Waals surface area contributed by atoms with Crippen molar-refractivity contribution in [1.82, 2.24) is 10.2 Å². The lowest BCUT2D eigenvalue weighted by Crippen LogP contribution is -2.44. The Kier molecular flexibility index (Phi) is 6.39. The van der Waals surface area contributed by atoms with Crippen LogP contribution in [-0.2, 0) is 4.79 Å². The Morgan fingerprint density at radius 3 is 2.45 bits per heavy atom. The normalized spacial score (nSPS) is 20.6. The molecule has 1 aromatic heterocycles. The molecule has 31 heavy (non-hydrogen) atoms. The number of carbonyl (C=O) groups is 2. The average Bonchev–Trinajstić information content (AvgIpc) is 3.31. The molecular weight excluding hydrogens is 410 g/mol. The minimum atomic E-state index is -0.695. The van der Waals surface area contributed by atoms with Crippen molar-refractivity contribution in [3.8, 4) is 0 Å². The third-order valence-corrected chi connectivity index (χ3v) is 6.66. The van der Waals surface area contributed by atoms with E-state index >= 15 is 0 Å². The number of thiophene rings is 1. The summed E-state index contributed by atoms with van der Waals surface area (Å²) in [6, 6.07) is 3.70. The quantitative estimate of drug-likeness (QED) is 0.735. The van der Waals surface area contributed by atoms with Crippen LogP contribution in [0.15, 0.2) is 47.3 Å². The van der Waals surface area contributed by atoms with Crippen molar-refractivity contribution in [2.45, 2.75) is 53.1 Å². The third kappa shape index (κ3) is 5.05. The molecule has 0 aliphatic carbocycles. The van der Waals surface area contributed by atoms with E-state index in [4.69, 9.17) is 4.99 Å². The predicted molar refractivity (Wildman–Crippen MR) is 126 cm³/mol. The van der Waals surface area contributed by atoms with Gasteiger partial charge in [-0.3, -0.25) is 9.59 Å². The SMILES string of the molecule is C=C1NC=C(C(=O)C(C)(C)C)C1=N/C(=C\C)c1ccc(C(=O)N2CCC(C)(O)CC2)s1. The summed E-state index contributed by atoms with van der Waals surface area (Å²) < 4.78 is 0. The van der Waals surface area contributed by atoms with Crippen LogP contribution < -0.4 is 5.32 Å². The highest BCUT2D eigenvalue weighted by Crippen LogP contribution is 2.31. The third-order valence-electron chi connectivity index (χ3n) is 5.56. The number of carbonyl (C=O) groups excluding carboxylic acids is 2. The molecular formula is C24H31N3O3S. The summed E-state index contributed by atoms with van der Waals surface area (Å²) in [5, 5.41) is 13.1. The second-order valence-corrected chi connectivity index (χ2v) is 10.4. The van der Waals surface area contributed by atoms with Gasteiger partial charge in [0.1, 0.15) is 0 Å². The maximum Gasteiger partial charge on any atom is 0.263 e. The highest BCUT2D eigenvalue weighted by Gasteiger charge is 2.32. The van der Waals surface area contributed by atoms with Crippen molar-refractivity contribution in [1.29, 1.82) is 0 Å². The molecule has 0 atom stereocenters. The Balaban J connectivity index is 1.82. The number of piperidine rings is 1. The van der Waals surface area contributed by atoms with Gasteiger partial charge < -0.3 is 15.3 Å². The van der Waals surface area contributed by atoms with Crippen LogP contribution in [-0.4, -0.2) is 46.1 Å². The maximum atomic E-state index is 12.9. The first-order valence-corrected chi connectivity index (χ1v) is 11.3. The van der Waals surface area contributed by atoms with Crippen LogP contribution in [0.3, 0.4) is 0 Å². The van der Waals surface area contributed by atoms with Gasteiger partial charge in [-0.05, 0) is 38.8 Å². The van der Waals surface area contributed by atoms with Crippen molar-refractivity contribution in [3.63, 3.8) is 0 Å². The standard InChI is InChI=1S/C24H31N3O3S/c1-7-17(26-20-15(2)25-14-16(20)21(28)23(3,4)5)18-8-9-19(31-18)22(29)27-12-10-24(6,30)11-13-27/h7-9,14,25,30H,2,10-13H2,1,3-6H3/b17-7-,26-20?. The summed E-state index contributed by atoms with van der Waals surface area (Å²) in [5.41, 5.74) is 1.10. The van der Waals surface area contributed by atoms with Crippen LogP contribution in [0.1, 0.15) is 62.0 Å². The fraction of sp³-hybridized carbons (Fsp3) is 0.458. The first-order chi connectivity index (χ1) is 14.4. The van der Waals surface area contributed by atoms with Crippen LogP contribution in [0.4, 0.5) is 0 Å². The van der Waals surface area contributed by atoms with Crippen molar-refractivity contribution < 1.29 is 14.7 Å². The Hall–Kier alpha value is -2.51. The molecule has 0 aromatic carbocycles. The zero-order chi connectivity index (χ0) is 23.0. The number of rotatable bonds is 4. The molecule has 1 fully saturated rings. The van der Waals surface area contributed by atoms with Crippen molar-refractivity contribution in [2.24, 2.45) is 10.4 Å². The number of hydrogen-bond donors (Lipinski definition) is 2. The lowest BCUT2D eigenvalue weighted by Gasteiger charge is -2.35. The molecule has 2 aliphatic rings. The van der Waals surface area contributed by atoms with Gasteiger partial charge in [0.05, 0.1) is 38.0 Å². The van der Waals surface area contributed by atoms with Crippen molar-refractivity contribution in [2.75, 3.05) is 13.1 Å². The molecule has 1 saturated heterocycles. The zero-order valence-electron chi connectivity index (χ0n) is 18.9. The zero-order valence-corrected chi connectivity index (χ0v) is 19.7. The predicted octanol–water partition coefficient (Wildman–Crippen LogP) is 4.15. The average molecular weight is 442 g/mol. The molecule has 6 nitrogen and oxygen atoms in total. The lowest BCUT2D eigenvalue weighted by atomic mass is 9.85. The Bertz CT molecular complexity index is 996. The summed E-state index contributed by atoms with van der Waals surface area (Å²) in [7, 11) is 0. The van der Waals surface area contributed by atoms with Gasteiger partial charge in [0.15, 0.2) is 5.78 Å². The first kappa shape index (κ1) is 23.2. The second-order valence-electron chi connectivity index (χ2n) is 9.35. The number of aliphatic hydroxyl groups is 1. The summed E-state index contributed by atoms with van der Waals surface area (Å²) in [6.45, 7) is 14.4. The van der Waals surface area contributed by atoms with Gasteiger partial charge in [-0.25, -0.2) is 4.99 Å². The molecule has 2 N–H and O–H groups in total. The van der Waals surface area contributed by atoms with Crippen LogP contribution in [0.5, 0.6) is 0 Å². The van der Waals surface area contributed by atoms with Crippen molar-refractivity contribution in [3.05, 3.63) is 52.0 Å². The number of nitrogens with zero attached hydrogens (tertiary/aromatic N) is 2. The van der Waals surface area contributed by atoms with Crippen LogP contribution in [0.25, 0.3) is 5.70 Å². The largest absolute Gasteiger partial charge is 0.390 e. The van der Waals surface area contributed by atoms with E-state index in [0.29, 0.717) is 53.5 Å². The first-order valence-electron chi connectivity index (χ1n) is 10.5. The number of nitrogens with one attached hydrogen (secondary N) is 1. The number of allylic oxidation sites excluding steroid dienone is 2. The van der Waals surface area contributed by atoms with Gasteiger partial charge in [0.25, 0.3) is 5.91 Å². The summed E-state index contributed by atoms with van der Waals surface area (Å²) in [6.07, 6.45) is 4.69. The highest BCUT2D eigenvalue weighted by atomic mass is 32.1. The van der Waals surface area contributed by atoms with Gasteiger partial charge >= 0.3 is 0 Å². The van der Waals surface area contributed by atoms with Gasteiger partial charge in [-0.1, -0.05) is 33.4 Å². The summed E-state index contributed by atoms with van der Waals surface area (Å²) >= 11 is 1.38. The van der Waals surface area contributed by atoms with E-state index in [2.05, 4.69) is 11.9 Å². The number of amides is 1. The molecule has 0 bridgehead atoms. The van der Waals surface area contributed by atoms with E-state index in [1.165, 1.54) is 11.3 Å². The van der Waals surface area contributed by atoms with E-state index < -0.39 is 11.0 Å². The van der Waals surface area contributed by atoms with Gasteiger partial charge in [0, 0.05) is 24.7 Å². The number of aliphatic imine (C=N–C) groups is 1. The van der Waals surface area contributed by atoms with Crippen LogP contribution in [0, 0.1) is 5.41 Å². The molecule has 2 aliphatic heterocycles. The topological polar surface area (TPSA) is 82.0 Å². The molecule has 3 heterocycles. The molecule has 0 spiro atoms. The molecule has 0 saturated carbocycles. The molecule has 0 radical (unpaired) electrons. The van der Waals surface area contributed by atoms with Gasteiger partial charge in [0.2, 0.25) is 0 Å². The van der Waals surface area contributed by atoms with E-state index in [0.717, 1.165) is 4.88 Å². The Morgan fingerprint density at radius 1 is 1.26 bits per heavy atom. The lowest BCUT2D eigenvalue weighted by molar-refractivity contribution is -0.121. The monoisotopic (exact) mass is 441 g/mol. The molecule has 166 valence electrons. The highest BCUT2D eigenvalue weighted by molar-refractivity contribution is 7.15. The number of hydrogen-bond acceptors (Lipinski definition) is 6. The van der Waals surface area contributed by atoms with Gasteiger partial charge in [-0.15, -0.1) is 11.3 Å². The summed E-state index contributed by atoms with van der Waals surface area (Å²) in [4.78, 5) is 33.8. The second kappa shape index (κ2) is 8.55. The fourth-order valence-corrected chi connectivity index (χ4v) is 4.48. The Morgan fingerprint density at radius 2 is 1.87 bits per heavy atom. The number of likely N-dealkylation sites (tertiary alicyclic amines) is 1. The number of Topliss-reactive ketones (excluding diaryl/α,β-unsaturated/α-hetero) is 1. The molecule has 7 heteroatoms. The Labute approximate surface area is 188 Å². The smallest absolute Gasteiger partial charge is 0.263 e. The molecule has 0 unspecified atom stereocenters. The maximum absolute atomic E-state index is 12.9. The molecule has 1 aromatic rings. The van der Waals surface area contributed by atoms with Gasteiger partial charge in [-0.2, -0.15) is 0 Å². The van der Waals surface area contributed by atoms with E-state index in [9.17, 15) is 14.7 Å². The minimum Gasteiger partial charge on any atom is -0.390 e. The summed E-state index contributed by atoms with van der Waals surface area (Å²) in [5.74, 6) is -0.0267.